The Morgan fingerprint density at radius 1 is 0.833 bits per heavy atom. The van der Waals surface area contributed by atoms with Gasteiger partial charge in [-0.05, 0) is 58.9 Å². The van der Waals surface area contributed by atoms with E-state index in [1.54, 1.807) is 36.4 Å². The zero-order chi connectivity index (χ0) is 17.9. The van der Waals surface area contributed by atoms with Gasteiger partial charge in [-0.2, -0.15) is 0 Å². The fourth-order valence-electron chi connectivity index (χ4n) is 2.47. The first-order chi connectivity index (χ1) is 11.2. The largest absolute Gasteiger partial charge is 0.275 e. The quantitative estimate of drug-likeness (QED) is 0.688. The molecule has 126 valence electrons. The number of nitrogens with zero attached hydrogens (tertiary/aromatic N) is 1. The minimum atomic E-state index is -0.432. The van der Waals surface area contributed by atoms with Crippen molar-refractivity contribution in [1.82, 2.24) is 10.4 Å². The fourth-order valence-corrected chi connectivity index (χ4v) is 2.47. The average Bonchev–Trinajstić information content (AvgIpc) is 2.50. The minimum Gasteiger partial charge on any atom is -0.267 e. The van der Waals surface area contributed by atoms with E-state index < -0.39 is 5.54 Å². The van der Waals surface area contributed by atoms with E-state index in [2.05, 4.69) is 5.43 Å². The average molecular weight is 324 g/mol. The summed E-state index contributed by atoms with van der Waals surface area (Å²) in [7, 11) is 0. The normalized spacial score (nSPS) is 11.2. The van der Waals surface area contributed by atoms with Crippen LogP contribution >= 0.6 is 0 Å². The Bertz CT molecular complexity index is 726. The summed E-state index contributed by atoms with van der Waals surface area (Å²) in [5, 5.41) is 1.11. The molecule has 0 aromatic heterocycles. The van der Waals surface area contributed by atoms with Crippen molar-refractivity contribution in [2.75, 3.05) is 0 Å². The third-order valence-electron chi connectivity index (χ3n) is 3.34. The summed E-state index contributed by atoms with van der Waals surface area (Å²) in [4.78, 5) is 25.8. The van der Waals surface area contributed by atoms with Gasteiger partial charge >= 0.3 is 0 Å². The number of imide groups is 1. The number of carbonyl (C=O) groups is 2. The Hall–Kier alpha value is -2.46. The van der Waals surface area contributed by atoms with Crippen molar-refractivity contribution in [1.29, 1.82) is 0 Å². The molecule has 4 heteroatoms. The van der Waals surface area contributed by atoms with E-state index in [0.29, 0.717) is 11.1 Å². The minimum absolute atomic E-state index is 0.356. The van der Waals surface area contributed by atoms with Crippen LogP contribution in [0.2, 0.25) is 0 Å². The lowest BCUT2D eigenvalue weighted by atomic mass is 10.1. The Balaban J connectivity index is 2.42. The molecule has 2 rings (SSSR count). The lowest BCUT2D eigenvalue weighted by molar-refractivity contribution is 0.0452. The molecule has 0 aliphatic carbocycles. The van der Waals surface area contributed by atoms with Crippen LogP contribution in [0.4, 0.5) is 0 Å². The molecule has 0 heterocycles. The highest BCUT2D eigenvalue weighted by molar-refractivity contribution is 6.10. The van der Waals surface area contributed by atoms with Crippen LogP contribution in [0.3, 0.4) is 0 Å². The molecule has 0 bridgehead atoms. The van der Waals surface area contributed by atoms with E-state index >= 15 is 0 Å². The van der Waals surface area contributed by atoms with Gasteiger partial charge in [0.15, 0.2) is 0 Å². The monoisotopic (exact) mass is 324 g/mol. The van der Waals surface area contributed by atoms with Crippen molar-refractivity contribution < 1.29 is 9.59 Å². The summed E-state index contributed by atoms with van der Waals surface area (Å²) < 4.78 is 0. The third kappa shape index (κ3) is 4.52. The highest BCUT2D eigenvalue weighted by atomic mass is 16.2. The number of benzene rings is 2. The predicted molar refractivity (Wildman–Crippen MR) is 95.7 cm³/mol. The first-order valence-electron chi connectivity index (χ1n) is 7.97. The topological polar surface area (TPSA) is 49.4 Å². The van der Waals surface area contributed by atoms with Gasteiger partial charge in [0, 0.05) is 16.7 Å². The third-order valence-corrected chi connectivity index (χ3v) is 3.34. The van der Waals surface area contributed by atoms with Gasteiger partial charge in [-0.3, -0.25) is 9.59 Å². The number of amides is 2. The van der Waals surface area contributed by atoms with E-state index in [1.807, 2.05) is 46.8 Å². The van der Waals surface area contributed by atoms with Crippen molar-refractivity contribution in [2.45, 2.75) is 40.2 Å². The summed E-state index contributed by atoms with van der Waals surface area (Å²) in [5.41, 5.74) is 5.53. The number of hydrogen-bond donors (Lipinski definition) is 1. The lowest BCUT2D eigenvalue weighted by Gasteiger charge is -2.30. The van der Waals surface area contributed by atoms with Crippen molar-refractivity contribution in [3.05, 3.63) is 70.8 Å². The molecule has 0 radical (unpaired) electrons. The summed E-state index contributed by atoms with van der Waals surface area (Å²) in [6.45, 7) is 9.60. The van der Waals surface area contributed by atoms with E-state index in [0.717, 1.165) is 16.1 Å². The Kier molecular flexibility index (Phi) is 5.20. The van der Waals surface area contributed by atoms with Crippen LogP contribution in [0, 0.1) is 13.8 Å². The second-order valence-electron chi connectivity index (χ2n) is 7.05. The van der Waals surface area contributed by atoms with E-state index in [1.165, 1.54) is 0 Å². The molecule has 4 nitrogen and oxygen atoms in total. The van der Waals surface area contributed by atoms with Gasteiger partial charge in [-0.1, -0.05) is 35.4 Å². The van der Waals surface area contributed by atoms with Gasteiger partial charge in [0.1, 0.15) is 0 Å². The molecule has 0 unspecified atom stereocenters. The van der Waals surface area contributed by atoms with Gasteiger partial charge < -0.3 is 0 Å². The number of aryl methyl sites for hydroxylation is 2. The molecule has 2 amide bonds. The number of carbonyl (C=O) groups excluding carboxylic acids is 2. The highest BCUT2D eigenvalue weighted by Gasteiger charge is 2.28. The molecule has 0 spiro atoms. The molecule has 0 saturated heterocycles. The second-order valence-corrected chi connectivity index (χ2v) is 7.05. The predicted octanol–water partition coefficient (Wildman–Crippen LogP) is 3.89. The number of nitrogens with one attached hydrogen (secondary N) is 1. The van der Waals surface area contributed by atoms with Gasteiger partial charge in [0.25, 0.3) is 11.8 Å². The maximum atomic E-state index is 13.0. The van der Waals surface area contributed by atoms with Crippen molar-refractivity contribution >= 4 is 11.8 Å². The molecule has 2 aromatic carbocycles. The molecule has 0 aliphatic heterocycles. The Labute approximate surface area is 143 Å². The van der Waals surface area contributed by atoms with Crippen LogP contribution in [-0.4, -0.2) is 22.4 Å². The Morgan fingerprint density at radius 3 is 1.83 bits per heavy atom. The lowest BCUT2D eigenvalue weighted by Crippen LogP contribution is -2.54. The first-order valence-corrected chi connectivity index (χ1v) is 7.97. The maximum Gasteiger partial charge on any atom is 0.275 e. The summed E-state index contributed by atoms with van der Waals surface area (Å²) in [5.74, 6) is -0.722. The molecule has 0 saturated carbocycles. The van der Waals surface area contributed by atoms with Crippen molar-refractivity contribution in [3.8, 4) is 0 Å². The number of rotatable bonds is 3. The molecular formula is C20H24N2O2. The van der Waals surface area contributed by atoms with Crippen LogP contribution in [0.15, 0.2) is 48.5 Å². The molecule has 1 N–H and O–H groups in total. The second kappa shape index (κ2) is 6.97. The Morgan fingerprint density at radius 2 is 1.33 bits per heavy atom. The van der Waals surface area contributed by atoms with Crippen LogP contribution in [-0.2, 0) is 0 Å². The first kappa shape index (κ1) is 17.9. The molecule has 0 fully saturated rings. The van der Waals surface area contributed by atoms with Crippen LogP contribution in [0.25, 0.3) is 0 Å². The number of hydrazine groups is 1. The van der Waals surface area contributed by atoms with E-state index in [-0.39, 0.29) is 11.8 Å². The van der Waals surface area contributed by atoms with Crippen molar-refractivity contribution in [3.63, 3.8) is 0 Å². The van der Waals surface area contributed by atoms with E-state index in [9.17, 15) is 9.59 Å². The molecule has 0 atom stereocenters. The van der Waals surface area contributed by atoms with Crippen LogP contribution < -0.4 is 5.43 Å². The summed E-state index contributed by atoms with van der Waals surface area (Å²) >= 11 is 0. The summed E-state index contributed by atoms with van der Waals surface area (Å²) in [6.07, 6.45) is 0. The molecule has 24 heavy (non-hydrogen) atoms. The van der Waals surface area contributed by atoms with Gasteiger partial charge in [-0.15, -0.1) is 0 Å². The standard InChI is InChI=1S/C20H24N2O2/c1-14-11-15(2)13-17(12-14)19(24)22(21-20(3,4)5)18(23)16-9-7-6-8-10-16/h6-13,21H,1-5H3. The van der Waals surface area contributed by atoms with Crippen molar-refractivity contribution in [2.24, 2.45) is 0 Å². The van der Waals surface area contributed by atoms with Gasteiger partial charge in [-0.25, -0.2) is 10.4 Å². The van der Waals surface area contributed by atoms with E-state index in [4.69, 9.17) is 0 Å². The highest BCUT2D eigenvalue weighted by Crippen LogP contribution is 2.15. The maximum absolute atomic E-state index is 13.0. The van der Waals surface area contributed by atoms with Gasteiger partial charge in [0.2, 0.25) is 0 Å². The zero-order valence-electron chi connectivity index (χ0n) is 14.9. The van der Waals surface area contributed by atoms with Crippen LogP contribution in [0.1, 0.15) is 52.6 Å². The fraction of sp³-hybridized carbons (Fsp3) is 0.300. The molecule has 0 aliphatic rings. The van der Waals surface area contributed by atoms with Gasteiger partial charge in [0.05, 0.1) is 0 Å². The smallest absolute Gasteiger partial charge is 0.267 e. The number of hydrogen-bond acceptors (Lipinski definition) is 3. The molecular weight excluding hydrogens is 300 g/mol. The summed E-state index contributed by atoms with van der Waals surface area (Å²) in [6, 6.07) is 14.4. The SMILES string of the molecule is Cc1cc(C)cc(C(=O)N(NC(C)(C)C)C(=O)c2ccccc2)c1. The van der Waals surface area contributed by atoms with Crippen LogP contribution in [0.5, 0.6) is 0 Å². The molecule has 2 aromatic rings. The zero-order valence-corrected chi connectivity index (χ0v) is 14.9.